The topological polar surface area (TPSA) is 114 Å². The van der Waals surface area contributed by atoms with E-state index in [9.17, 15) is 13.2 Å². The molecule has 1 saturated heterocycles. The molecule has 10 heteroatoms. The molecule has 2 aromatic rings. The fourth-order valence-corrected chi connectivity index (χ4v) is 5.68. The second-order valence-corrected chi connectivity index (χ2v) is 11.2. The maximum Gasteiger partial charge on any atom is 0.319 e. The van der Waals surface area contributed by atoms with E-state index in [1.807, 2.05) is 25.1 Å². The molecule has 1 aromatic carbocycles. The van der Waals surface area contributed by atoms with Crippen molar-refractivity contribution in [1.29, 1.82) is 0 Å². The molecule has 1 saturated carbocycles. The van der Waals surface area contributed by atoms with Crippen LogP contribution in [0.5, 0.6) is 0 Å². The van der Waals surface area contributed by atoms with E-state index in [0.29, 0.717) is 55.6 Å². The Hall–Kier alpha value is -2.72. The number of carbonyl (C=O) groups is 1. The van der Waals surface area contributed by atoms with Crippen LogP contribution in [0.3, 0.4) is 0 Å². The number of urea groups is 1. The number of morpholine rings is 1. The minimum Gasteiger partial charge on any atom is -0.377 e. The number of aromatic nitrogens is 2. The van der Waals surface area contributed by atoms with Gasteiger partial charge < -0.3 is 20.3 Å². The van der Waals surface area contributed by atoms with Gasteiger partial charge in [0.2, 0.25) is 0 Å². The first-order valence-electron chi connectivity index (χ1n) is 11.2. The molecule has 0 radical (unpaired) electrons. The Morgan fingerprint density at radius 1 is 1.15 bits per heavy atom. The summed E-state index contributed by atoms with van der Waals surface area (Å²) < 4.78 is 30.0. The van der Waals surface area contributed by atoms with Crippen molar-refractivity contribution in [3.63, 3.8) is 0 Å². The highest BCUT2D eigenvalue weighted by atomic mass is 32.2. The third-order valence-electron chi connectivity index (χ3n) is 6.26. The van der Waals surface area contributed by atoms with Crippen LogP contribution in [0, 0.1) is 0 Å². The second-order valence-electron chi connectivity index (χ2n) is 8.91. The zero-order chi connectivity index (χ0) is 23.8. The van der Waals surface area contributed by atoms with Gasteiger partial charge in [-0.15, -0.1) is 0 Å². The van der Waals surface area contributed by atoms with Crippen LogP contribution >= 0.6 is 0 Å². The number of nitrogens with zero attached hydrogens (tertiary/aromatic N) is 3. The van der Waals surface area contributed by atoms with Gasteiger partial charge in [-0.3, -0.25) is 0 Å². The van der Waals surface area contributed by atoms with Crippen molar-refractivity contribution in [1.82, 2.24) is 15.3 Å². The van der Waals surface area contributed by atoms with Gasteiger partial charge in [-0.25, -0.2) is 23.2 Å². The fraction of sp³-hybridized carbons (Fsp3) is 0.522. The summed E-state index contributed by atoms with van der Waals surface area (Å²) in [4.78, 5) is 23.5. The van der Waals surface area contributed by atoms with Gasteiger partial charge in [-0.05, 0) is 57.9 Å². The lowest BCUT2D eigenvalue weighted by molar-refractivity contribution is 0.0752. The van der Waals surface area contributed by atoms with Crippen molar-refractivity contribution < 1.29 is 17.9 Å². The van der Waals surface area contributed by atoms with E-state index in [1.165, 1.54) is 6.26 Å². The molecule has 2 atom stereocenters. The smallest absolute Gasteiger partial charge is 0.319 e. The maximum absolute atomic E-state index is 12.6. The Bertz CT molecular complexity index is 1120. The Labute approximate surface area is 194 Å². The average Bonchev–Trinajstić information content (AvgIpc) is 3.56. The van der Waals surface area contributed by atoms with Crippen LogP contribution in [0.25, 0.3) is 11.4 Å². The summed E-state index contributed by atoms with van der Waals surface area (Å²) in [5, 5.41) is 5.46. The van der Waals surface area contributed by atoms with E-state index in [1.54, 1.807) is 12.1 Å². The van der Waals surface area contributed by atoms with Gasteiger partial charge in [0.1, 0.15) is 10.6 Å². The van der Waals surface area contributed by atoms with Gasteiger partial charge in [0, 0.05) is 30.1 Å². The molecule has 2 aliphatic rings. The Kier molecular flexibility index (Phi) is 6.32. The number of sulfone groups is 1. The first-order valence-corrected chi connectivity index (χ1v) is 13.1. The zero-order valence-electron chi connectivity index (χ0n) is 19.5. The quantitative estimate of drug-likeness (QED) is 0.663. The number of amides is 2. The van der Waals surface area contributed by atoms with Crippen LogP contribution in [0.1, 0.15) is 39.3 Å². The molecule has 2 N–H and O–H groups in total. The molecular formula is C23H31N5O4S. The van der Waals surface area contributed by atoms with Crippen LogP contribution in [-0.2, 0) is 19.3 Å². The minimum atomic E-state index is -3.33. The van der Waals surface area contributed by atoms with Crippen molar-refractivity contribution in [2.75, 3.05) is 36.2 Å². The van der Waals surface area contributed by atoms with Gasteiger partial charge in [0.05, 0.1) is 31.0 Å². The Balaban J connectivity index is 1.75. The van der Waals surface area contributed by atoms with Crippen LogP contribution in [0.4, 0.5) is 16.3 Å². The average molecular weight is 474 g/mol. The Morgan fingerprint density at radius 2 is 1.79 bits per heavy atom. The van der Waals surface area contributed by atoms with E-state index in [-0.39, 0.29) is 18.1 Å². The minimum absolute atomic E-state index is 0.0985. The lowest BCUT2D eigenvalue weighted by Crippen LogP contribution is -2.50. The number of nitrogens with one attached hydrogen (secondary N) is 2. The Morgan fingerprint density at radius 3 is 2.33 bits per heavy atom. The van der Waals surface area contributed by atoms with Gasteiger partial charge in [-0.2, -0.15) is 0 Å². The predicted molar refractivity (Wildman–Crippen MR) is 128 cm³/mol. The van der Waals surface area contributed by atoms with Gasteiger partial charge in [0.15, 0.2) is 15.7 Å². The summed E-state index contributed by atoms with van der Waals surface area (Å²) in [5.74, 6) is 1.17. The second kappa shape index (κ2) is 8.90. The normalized spacial score (nSPS) is 22.0. The van der Waals surface area contributed by atoms with E-state index >= 15 is 0 Å². The molecule has 178 valence electrons. The third kappa shape index (κ3) is 4.67. The molecule has 2 amide bonds. The number of hydrogen-bond donors (Lipinski definition) is 2. The summed E-state index contributed by atoms with van der Waals surface area (Å²) in [7, 11) is -3.33. The van der Waals surface area contributed by atoms with Crippen molar-refractivity contribution in [2.45, 2.75) is 50.4 Å². The van der Waals surface area contributed by atoms with Gasteiger partial charge >= 0.3 is 6.03 Å². The van der Waals surface area contributed by atoms with Gasteiger partial charge in [0.25, 0.3) is 0 Å². The predicted octanol–water partition coefficient (Wildman–Crippen LogP) is 2.93. The maximum atomic E-state index is 12.6. The number of hydrogen-bond acceptors (Lipinski definition) is 7. The largest absolute Gasteiger partial charge is 0.377 e. The molecular weight excluding hydrogens is 442 g/mol. The van der Waals surface area contributed by atoms with Crippen molar-refractivity contribution in [2.24, 2.45) is 0 Å². The lowest BCUT2D eigenvalue weighted by atomic mass is 10.1. The van der Waals surface area contributed by atoms with Crippen LogP contribution in [0.15, 0.2) is 30.3 Å². The van der Waals surface area contributed by atoms with Crippen molar-refractivity contribution in [3.8, 4) is 11.4 Å². The molecule has 0 unspecified atom stereocenters. The highest BCUT2D eigenvalue weighted by Gasteiger charge is 2.55. The summed E-state index contributed by atoms with van der Waals surface area (Å²) in [6.45, 7) is 7.69. The molecule has 1 aromatic heterocycles. The number of anilines is 2. The number of rotatable bonds is 6. The molecule has 33 heavy (non-hydrogen) atoms. The molecule has 1 aliphatic carbocycles. The standard InChI is InChI=1S/C23H31N5O4S/c1-5-24-22(29)25-18-8-6-17(7-9-18)21-26-19(23(10-11-23)33(4,30)31)12-20(27-21)28-15(2)13-32-14-16(28)3/h6-9,12,15-16H,5,10-11,13-14H2,1-4H3,(H2,24,25,29)/t15-,16-/m0/s1. The van der Waals surface area contributed by atoms with Crippen LogP contribution in [0.2, 0.25) is 0 Å². The molecule has 4 rings (SSSR count). The highest BCUT2D eigenvalue weighted by Crippen LogP contribution is 2.52. The first-order chi connectivity index (χ1) is 15.6. The van der Waals surface area contributed by atoms with Gasteiger partial charge in [-0.1, -0.05) is 0 Å². The van der Waals surface area contributed by atoms with Crippen molar-refractivity contribution >= 4 is 27.4 Å². The molecule has 2 fully saturated rings. The summed E-state index contributed by atoms with van der Waals surface area (Å²) >= 11 is 0. The first kappa shape index (κ1) is 23.4. The number of carbonyl (C=O) groups excluding carboxylic acids is 1. The molecule has 2 heterocycles. The lowest BCUT2D eigenvalue weighted by Gasteiger charge is -2.40. The zero-order valence-corrected chi connectivity index (χ0v) is 20.3. The monoisotopic (exact) mass is 473 g/mol. The summed E-state index contributed by atoms with van der Waals surface area (Å²) in [6, 6.07) is 8.98. The third-order valence-corrected chi connectivity index (χ3v) is 8.30. The fourth-order valence-electron chi connectivity index (χ4n) is 4.35. The SMILES string of the molecule is CCNC(=O)Nc1ccc(-c2nc(N3[C@@H](C)COC[C@@H]3C)cc(C3(S(C)(=O)=O)CC3)n2)cc1. The number of ether oxygens (including phenoxy) is 1. The van der Waals surface area contributed by atoms with E-state index in [4.69, 9.17) is 14.7 Å². The van der Waals surface area contributed by atoms with E-state index < -0.39 is 14.6 Å². The number of benzene rings is 1. The van der Waals surface area contributed by atoms with Crippen molar-refractivity contribution in [3.05, 3.63) is 36.0 Å². The summed E-state index contributed by atoms with van der Waals surface area (Å²) in [5.41, 5.74) is 1.93. The highest BCUT2D eigenvalue weighted by molar-refractivity contribution is 7.91. The van der Waals surface area contributed by atoms with Crippen LogP contribution < -0.4 is 15.5 Å². The molecule has 9 nitrogen and oxygen atoms in total. The molecule has 0 spiro atoms. The van der Waals surface area contributed by atoms with Crippen LogP contribution in [-0.4, -0.2) is 62.5 Å². The van der Waals surface area contributed by atoms with E-state index in [2.05, 4.69) is 29.4 Å². The van der Waals surface area contributed by atoms with E-state index in [0.717, 1.165) is 5.56 Å². The molecule has 1 aliphatic heterocycles. The summed E-state index contributed by atoms with van der Waals surface area (Å²) in [6.07, 6.45) is 2.40. The molecule has 0 bridgehead atoms.